The van der Waals surface area contributed by atoms with Crippen LogP contribution in [0.4, 0.5) is 22.1 Å². The van der Waals surface area contributed by atoms with Crippen LogP contribution in [0.15, 0.2) is 24.4 Å². The normalized spacial score (nSPS) is 18.9. The number of ether oxygens (including phenoxy) is 1. The van der Waals surface area contributed by atoms with E-state index in [0.717, 1.165) is 25.0 Å². The molecule has 9 heteroatoms. The molecule has 27 heavy (non-hydrogen) atoms. The molecule has 1 fully saturated rings. The van der Waals surface area contributed by atoms with Crippen LogP contribution in [-0.2, 0) is 9.53 Å². The Morgan fingerprint density at radius 2 is 2.19 bits per heavy atom. The van der Waals surface area contributed by atoms with Crippen molar-refractivity contribution in [3.63, 3.8) is 0 Å². The van der Waals surface area contributed by atoms with Crippen molar-refractivity contribution in [3.05, 3.63) is 30.1 Å². The maximum Gasteiger partial charge on any atom is 0.407 e. The first kappa shape index (κ1) is 18.7. The SMILES string of the molecule is CC(C)NC(=O)O[C@H]1CC[C@@H](c2cc(Nc3ccc(NC=O)cn3)n[nH]2)C1. The fourth-order valence-electron chi connectivity index (χ4n) is 3.11. The number of H-pyrrole nitrogens is 1. The van der Waals surface area contributed by atoms with Gasteiger partial charge in [-0.05, 0) is 45.2 Å². The molecule has 1 aliphatic rings. The number of aromatic amines is 1. The number of nitrogens with zero attached hydrogens (tertiary/aromatic N) is 2. The smallest absolute Gasteiger partial charge is 0.407 e. The van der Waals surface area contributed by atoms with Gasteiger partial charge in [0.15, 0.2) is 5.82 Å². The second-order valence-corrected chi connectivity index (χ2v) is 6.86. The quantitative estimate of drug-likeness (QED) is 0.555. The Kier molecular flexibility index (Phi) is 5.90. The van der Waals surface area contributed by atoms with Gasteiger partial charge >= 0.3 is 6.09 Å². The van der Waals surface area contributed by atoms with E-state index in [2.05, 4.69) is 31.1 Å². The van der Waals surface area contributed by atoms with Crippen molar-refractivity contribution >= 4 is 29.8 Å². The monoisotopic (exact) mass is 372 g/mol. The summed E-state index contributed by atoms with van der Waals surface area (Å²) in [5.74, 6) is 1.56. The van der Waals surface area contributed by atoms with E-state index in [1.807, 2.05) is 19.9 Å². The van der Waals surface area contributed by atoms with E-state index in [4.69, 9.17) is 4.74 Å². The summed E-state index contributed by atoms with van der Waals surface area (Å²) in [6, 6.07) is 5.51. The Bertz CT molecular complexity index is 774. The highest BCUT2D eigenvalue weighted by Gasteiger charge is 2.30. The molecule has 1 aliphatic carbocycles. The zero-order valence-corrected chi connectivity index (χ0v) is 15.4. The molecule has 0 bridgehead atoms. The predicted octanol–water partition coefficient (Wildman–Crippen LogP) is 2.89. The lowest BCUT2D eigenvalue weighted by atomic mass is 10.0. The van der Waals surface area contributed by atoms with E-state index < -0.39 is 0 Å². The van der Waals surface area contributed by atoms with Crippen LogP contribution >= 0.6 is 0 Å². The van der Waals surface area contributed by atoms with Crippen LogP contribution in [-0.4, -0.2) is 39.8 Å². The maximum absolute atomic E-state index is 11.7. The number of pyridine rings is 1. The van der Waals surface area contributed by atoms with Crippen molar-refractivity contribution in [2.24, 2.45) is 0 Å². The standard InChI is InChI=1S/C18H24N6O3/c1-11(2)21-18(26)27-14-5-3-12(7-14)15-8-17(24-23-15)22-16-6-4-13(9-19-16)20-10-25/h4,6,8-12,14H,3,5,7H2,1-2H3,(H,20,25)(H,21,26)(H2,19,22,23,24)/t12-,14+/m1/s1. The summed E-state index contributed by atoms with van der Waals surface area (Å²) in [6.07, 6.45) is 4.28. The largest absolute Gasteiger partial charge is 0.446 e. The maximum atomic E-state index is 11.7. The summed E-state index contributed by atoms with van der Waals surface area (Å²) in [5, 5.41) is 15.7. The number of amides is 2. The second kappa shape index (κ2) is 8.52. The molecule has 0 spiro atoms. The van der Waals surface area contributed by atoms with E-state index in [1.54, 1.807) is 18.3 Å². The molecule has 2 aromatic rings. The molecule has 2 heterocycles. The van der Waals surface area contributed by atoms with Crippen molar-refractivity contribution in [1.29, 1.82) is 0 Å². The molecule has 2 amide bonds. The van der Waals surface area contributed by atoms with Crippen LogP contribution in [0.5, 0.6) is 0 Å². The highest BCUT2D eigenvalue weighted by atomic mass is 16.6. The topological polar surface area (TPSA) is 121 Å². The molecule has 0 unspecified atom stereocenters. The Labute approximate surface area is 157 Å². The van der Waals surface area contributed by atoms with Crippen molar-refractivity contribution in [3.8, 4) is 0 Å². The first-order valence-corrected chi connectivity index (χ1v) is 8.99. The average molecular weight is 372 g/mol. The summed E-state index contributed by atoms with van der Waals surface area (Å²) in [7, 11) is 0. The summed E-state index contributed by atoms with van der Waals surface area (Å²) in [6.45, 7) is 3.80. The third kappa shape index (κ3) is 5.19. The van der Waals surface area contributed by atoms with Gasteiger partial charge in [-0.2, -0.15) is 5.10 Å². The van der Waals surface area contributed by atoms with Crippen LogP contribution in [0.1, 0.15) is 44.7 Å². The Morgan fingerprint density at radius 1 is 1.33 bits per heavy atom. The summed E-state index contributed by atoms with van der Waals surface area (Å²) in [4.78, 5) is 26.4. The lowest BCUT2D eigenvalue weighted by Gasteiger charge is -2.14. The molecule has 0 radical (unpaired) electrons. The third-order valence-corrected chi connectivity index (χ3v) is 4.35. The van der Waals surface area contributed by atoms with E-state index in [0.29, 0.717) is 23.7 Å². The molecule has 144 valence electrons. The number of alkyl carbamates (subject to hydrolysis) is 1. The van der Waals surface area contributed by atoms with Gasteiger partial charge in [0, 0.05) is 23.7 Å². The number of rotatable bonds is 7. The highest BCUT2D eigenvalue weighted by molar-refractivity contribution is 5.71. The van der Waals surface area contributed by atoms with Gasteiger partial charge in [-0.15, -0.1) is 0 Å². The second-order valence-electron chi connectivity index (χ2n) is 6.86. The zero-order valence-electron chi connectivity index (χ0n) is 15.4. The summed E-state index contributed by atoms with van der Waals surface area (Å²) < 4.78 is 5.47. The van der Waals surface area contributed by atoms with Crippen molar-refractivity contribution < 1.29 is 14.3 Å². The molecule has 3 rings (SSSR count). The third-order valence-electron chi connectivity index (χ3n) is 4.35. The molecule has 0 saturated heterocycles. The molecule has 0 aliphatic heterocycles. The Hall–Kier alpha value is -3.10. The average Bonchev–Trinajstić information content (AvgIpc) is 3.25. The van der Waals surface area contributed by atoms with Gasteiger partial charge in [0.1, 0.15) is 11.9 Å². The number of hydrogen-bond acceptors (Lipinski definition) is 6. The number of hydrogen-bond donors (Lipinski definition) is 4. The molecular weight excluding hydrogens is 348 g/mol. The van der Waals surface area contributed by atoms with Gasteiger partial charge in [-0.1, -0.05) is 0 Å². The Morgan fingerprint density at radius 3 is 2.89 bits per heavy atom. The van der Waals surface area contributed by atoms with Crippen molar-refractivity contribution in [2.75, 3.05) is 10.6 Å². The predicted molar refractivity (Wildman–Crippen MR) is 101 cm³/mol. The molecule has 2 aromatic heterocycles. The van der Waals surface area contributed by atoms with Crippen molar-refractivity contribution in [2.45, 2.75) is 51.2 Å². The van der Waals surface area contributed by atoms with Gasteiger partial charge in [-0.3, -0.25) is 9.89 Å². The minimum Gasteiger partial charge on any atom is -0.446 e. The molecule has 4 N–H and O–H groups in total. The van der Waals surface area contributed by atoms with Gasteiger partial charge in [0.05, 0.1) is 11.9 Å². The number of anilines is 3. The number of carbonyl (C=O) groups excluding carboxylic acids is 2. The molecule has 2 atom stereocenters. The van der Waals surface area contributed by atoms with E-state index in [-0.39, 0.29) is 24.2 Å². The number of nitrogens with one attached hydrogen (secondary N) is 4. The minimum absolute atomic E-state index is 0.0628. The van der Waals surface area contributed by atoms with Crippen LogP contribution < -0.4 is 16.0 Å². The number of carbonyl (C=O) groups is 2. The van der Waals surface area contributed by atoms with Gasteiger partial charge in [0.25, 0.3) is 0 Å². The fraction of sp³-hybridized carbons (Fsp3) is 0.444. The molecule has 9 nitrogen and oxygen atoms in total. The van der Waals surface area contributed by atoms with Gasteiger partial charge in [0.2, 0.25) is 6.41 Å². The van der Waals surface area contributed by atoms with Gasteiger partial charge < -0.3 is 20.7 Å². The van der Waals surface area contributed by atoms with Crippen LogP contribution in [0.25, 0.3) is 0 Å². The van der Waals surface area contributed by atoms with E-state index >= 15 is 0 Å². The lowest BCUT2D eigenvalue weighted by Crippen LogP contribution is -2.33. The Balaban J connectivity index is 1.53. The van der Waals surface area contributed by atoms with E-state index in [1.165, 1.54) is 0 Å². The molecule has 0 aromatic carbocycles. The fourth-order valence-corrected chi connectivity index (χ4v) is 3.11. The van der Waals surface area contributed by atoms with Gasteiger partial charge in [-0.25, -0.2) is 9.78 Å². The van der Waals surface area contributed by atoms with Crippen molar-refractivity contribution in [1.82, 2.24) is 20.5 Å². The highest BCUT2D eigenvalue weighted by Crippen LogP contribution is 2.36. The minimum atomic E-state index is -0.360. The summed E-state index contributed by atoms with van der Waals surface area (Å²) in [5.41, 5.74) is 1.63. The zero-order chi connectivity index (χ0) is 19.2. The lowest BCUT2D eigenvalue weighted by molar-refractivity contribution is -0.105. The summed E-state index contributed by atoms with van der Waals surface area (Å²) >= 11 is 0. The van der Waals surface area contributed by atoms with Crippen LogP contribution in [0.2, 0.25) is 0 Å². The first-order chi connectivity index (χ1) is 13.0. The first-order valence-electron chi connectivity index (χ1n) is 8.99. The van der Waals surface area contributed by atoms with Crippen LogP contribution in [0.3, 0.4) is 0 Å². The van der Waals surface area contributed by atoms with E-state index in [9.17, 15) is 9.59 Å². The molecular formula is C18H24N6O3. The number of aromatic nitrogens is 3. The van der Waals surface area contributed by atoms with Crippen LogP contribution in [0, 0.1) is 0 Å². The molecule has 1 saturated carbocycles.